The van der Waals surface area contributed by atoms with Crippen LogP contribution in [0.5, 0.6) is 0 Å². The molecule has 1 fully saturated rings. The molecule has 0 saturated carbocycles. The van der Waals surface area contributed by atoms with Crippen LogP contribution in [0.3, 0.4) is 0 Å². The van der Waals surface area contributed by atoms with Crippen LogP contribution in [0.25, 0.3) is 0 Å². The van der Waals surface area contributed by atoms with Crippen LogP contribution in [0.4, 0.5) is 0 Å². The lowest BCUT2D eigenvalue weighted by atomic mass is 10.1. The minimum Gasteiger partial charge on any atom is -0.354 e. The predicted octanol–water partition coefficient (Wildman–Crippen LogP) is 2.86. The van der Waals surface area contributed by atoms with Gasteiger partial charge in [-0.3, -0.25) is 0 Å². The molecule has 6 heteroatoms. The Morgan fingerprint density at radius 2 is 1.75 bits per heavy atom. The minimum absolute atomic E-state index is 0.137. The second kappa shape index (κ2) is 6.29. The molecule has 2 aromatic rings. The zero-order valence-corrected chi connectivity index (χ0v) is 14.8. The fourth-order valence-corrected chi connectivity index (χ4v) is 4.57. The van der Waals surface area contributed by atoms with Crippen molar-refractivity contribution < 1.29 is 17.9 Å². The van der Waals surface area contributed by atoms with Gasteiger partial charge in [0.1, 0.15) is 0 Å². The van der Waals surface area contributed by atoms with Gasteiger partial charge in [-0.25, -0.2) is 8.42 Å². The Balaban J connectivity index is 2.08. The molecule has 3 rings (SSSR count). The Morgan fingerprint density at radius 3 is 2.33 bits per heavy atom. The molecule has 5 nitrogen and oxygen atoms in total. The average molecular weight is 347 g/mol. The van der Waals surface area contributed by atoms with E-state index in [2.05, 4.69) is 0 Å². The molecule has 0 aromatic heterocycles. The number of ether oxygens (including phenoxy) is 2. The molecular weight excluding hydrogens is 326 g/mol. The third-order valence-electron chi connectivity index (χ3n) is 4.33. The van der Waals surface area contributed by atoms with Crippen molar-refractivity contribution in [2.75, 3.05) is 13.7 Å². The van der Waals surface area contributed by atoms with Gasteiger partial charge in [-0.1, -0.05) is 48.0 Å². The molecule has 1 aliphatic rings. The van der Waals surface area contributed by atoms with Gasteiger partial charge in [0.25, 0.3) is 0 Å². The largest absolute Gasteiger partial charge is 0.354 e. The minimum atomic E-state index is -3.73. The van der Waals surface area contributed by atoms with Crippen molar-refractivity contribution in [3.63, 3.8) is 0 Å². The highest BCUT2D eigenvalue weighted by Gasteiger charge is 2.51. The molecule has 1 saturated heterocycles. The van der Waals surface area contributed by atoms with Crippen LogP contribution in [0.2, 0.25) is 0 Å². The summed E-state index contributed by atoms with van der Waals surface area (Å²) in [5.74, 6) is 0. The van der Waals surface area contributed by atoms with E-state index in [1.807, 2.05) is 37.3 Å². The number of rotatable bonds is 4. The van der Waals surface area contributed by atoms with Crippen molar-refractivity contribution in [2.45, 2.75) is 30.8 Å². The Morgan fingerprint density at radius 1 is 1.12 bits per heavy atom. The van der Waals surface area contributed by atoms with Crippen LogP contribution in [0.1, 0.15) is 18.1 Å². The van der Waals surface area contributed by atoms with Gasteiger partial charge in [0.15, 0.2) is 12.0 Å². The summed E-state index contributed by atoms with van der Waals surface area (Å²) in [4.78, 5) is 0.246. The number of hydrogen-bond donors (Lipinski definition) is 0. The van der Waals surface area contributed by atoms with E-state index in [4.69, 9.17) is 9.47 Å². The summed E-state index contributed by atoms with van der Waals surface area (Å²) in [6, 6.07) is 16.1. The fraction of sp³-hybridized carbons (Fsp3) is 0.333. The fourth-order valence-electron chi connectivity index (χ4n) is 2.91. The molecule has 0 aliphatic carbocycles. The molecule has 1 aliphatic heterocycles. The highest BCUT2D eigenvalue weighted by molar-refractivity contribution is 7.89. The topological polar surface area (TPSA) is 55.8 Å². The summed E-state index contributed by atoms with van der Waals surface area (Å²) in [6.07, 6.45) is -0.615. The van der Waals surface area contributed by atoms with Crippen LogP contribution in [-0.2, 0) is 25.2 Å². The smallest absolute Gasteiger partial charge is 0.245 e. The van der Waals surface area contributed by atoms with E-state index in [0.717, 1.165) is 11.1 Å². The number of sulfonamides is 1. The number of benzene rings is 2. The standard InChI is InChI=1S/C18H21NO4S/c1-14-9-11-16(12-10-14)24(20,21)19-13-17(22-3)23-18(19,2)15-7-5-4-6-8-15/h4-12,17H,13H2,1-3H3/t17-,18+/m0/s1. The van der Waals surface area contributed by atoms with Crippen molar-refractivity contribution >= 4 is 10.0 Å². The molecule has 2 aromatic carbocycles. The van der Waals surface area contributed by atoms with E-state index in [0.29, 0.717) is 0 Å². The van der Waals surface area contributed by atoms with Gasteiger partial charge in [0.05, 0.1) is 11.4 Å². The van der Waals surface area contributed by atoms with E-state index in [9.17, 15) is 8.42 Å². The highest BCUT2D eigenvalue weighted by atomic mass is 32.2. The van der Waals surface area contributed by atoms with E-state index < -0.39 is 22.0 Å². The van der Waals surface area contributed by atoms with Crippen LogP contribution in [0.15, 0.2) is 59.5 Å². The molecule has 0 amide bonds. The van der Waals surface area contributed by atoms with E-state index in [1.165, 1.54) is 11.4 Å². The molecule has 0 radical (unpaired) electrons. The van der Waals surface area contributed by atoms with Gasteiger partial charge < -0.3 is 9.47 Å². The van der Waals surface area contributed by atoms with Gasteiger partial charge in [-0.15, -0.1) is 0 Å². The highest BCUT2D eigenvalue weighted by Crippen LogP contribution is 2.40. The van der Waals surface area contributed by atoms with Crippen molar-refractivity contribution in [1.82, 2.24) is 4.31 Å². The average Bonchev–Trinajstić information content (AvgIpc) is 2.95. The zero-order valence-electron chi connectivity index (χ0n) is 14.0. The first-order valence-electron chi connectivity index (χ1n) is 7.73. The summed E-state index contributed by atoms with van der Waals surface area (Å²) in [7, 11) is -2.21. The molecule has 1 heterocycles. The number of hydrogen-bond acceptors (Lipinski definition) is 4. The molecule has 0 unspecified atom stereocenters. The first-order valence-corrected chi connectivity index (χ1v) is 9.17. The van der Waals surface area contributed by atoms with Crippen LogP contribution in [0, 0.1) is 6.92 Å². The molecule has 128 valence electrons. The van der Waals surface area contributed by atoms with Crippen molar-refractivity contribution in [1.29, 1.82) is 0 Å². The van der Waals surface area contributed by atoms with Gasteiger partial charge >= 0.3 is 0 Å². The Kier molecular flexibility index (Phi) is 4.48. The SMILES string of the molecule is CO[C@@H]1CN(S(=O)(=O)c2ccc(C)cc2)[C@@](C)(c2ccccc2)O1. The molecule has 0 bridgehead atoms. The lowest BCUT2D eigenvalue weighted by Gasteiger charge is -2.33. The van der Waals surface area contributed by atoms with Crippen LogP contribution in [-0.4, -0.2) is 32.7 Å². The molecule has 0 N–H and O–H groups in total. The van der Waals surface area contributed by atoms with Crippen LogP contribution < -0.4 is 0 Å². The van der Waals surface area contributed by atoms with Gasteiger partial charge in [-0.2, -0.15) is 4.31 Å². The van der Waals surface area contributed by atoms with Gasteiger partial charge in [0.2, 0.25) is 10.0 Å². The molecular formula is C18H21NO4S. The number of aryl methyl sites for hydroxylation is 1. The quantitative estimate of drug-likeness (QED) is 0.853. The summed E-state index contributed by atoms with van der Waals surface area (Å²) >= 11 is 0. The Labute approximate surface area is 142 Å². The van der Waals surface area contributed by atoms with Crippen molar-refractivity contribution in [3.8, 4) is 0 Å². The first-order chi connectivity index (χ1) is 11.4. The Hall–Kier alpha value is -1.73. The summed E-state index contributed by atoms with van der Waals surface area (Å²) in [6.45, 7) is 3.82. The molecule has 24 heavy (non-hydrogen) atoms. The van der Waals surface area contributed by atoms with Crippen molar-refractivity contribution in [3.05, 3.63) is 65.7 Å². The van der Waals surface area contributed by atoms with E-state index >= 15 is 0 Å². The monoisotopic (exact) mass is 347 g/mol. The number of methoxy groups -OCH3 is 1. The van der Waals surface area contributed by atoms with Gasteiger partial charge in [-0.05, 0) is 31.5 Å². The molecule has 2 atom stereocenters. The lowest BCUT2D eigenvalue weighted by molar-refractivity contribution is -0.160. The lowest BCUT2D eigenvalue weighted by Crippen LogP contribution is -2.43. The summed E-state index contributed by atoms with van der Waals surface area (Å²) in [5.41, 5.74) is 0.651. The third-order valence-corrected chi connectivity index (χ3v) is 6.28. The predicted molar refractivity (Wildman–Crippen MR) is 90.7 cm³/mol. The molecule has 0 spiro atoms. The van der Waals surface area contributed by atoms with Gasteiger partial charge in [0, 0.05) is 7.11 Å². The van der Waals surface area contributed by atoms with Crippen molar-refractivity contribution in [2.24, 2.45) is 0 Å². The Bertz CT molecular complexity index is 805. The third kappa shape index (κ3) is 2.86. The van der Waals surface area contributed by atoms with Crippen LogP contribution >= 0.6 is 0 Å². The van der Waals surface area contributed by atoms with E-state index in [1.54, 1.807) is 31.2 Å². The summed E-state index contributed by atoms with van der Waals surface area (Å²) in [5, 5.41) is 0. The second-order valence-electron chi connectivity index (χ2n) is 5.98. The zero-order chi connectivity index (χ0) is 17.4. The first kappa shape index (κ1) is 17.1. The van der Waals surface area contributed by atoms with E-state index in [-0.39, 0.29) is 11.4 Å². The summed E-state index contributed by atoms with van der Waals surface area (Å²) < 4.78 is 39.0. The maximum atomic E-state index is 13.2. The maximum Gasteiger partial charge on any atom is 0.245 e. The normalized spacial score (nSPS) is 25.0. The number of nitrogens with zero attached hydrogens (tertiary/aromatic N) is 1. The second-order valence-corrected chi connectivity index (χ2v) is 7.84. The maximum absolute atomic E-state index is 13.2.